The first-order chi connectivity index (χ1) is 15.2. The van der Waals surface area contributed by atoms with Gasteiger partial charge in [0.05, 0.1) is 12.7 Å². The van der Waals surface area contributed by atoms with Gasteiger partial charge < -0.3 is 29.0 Å². The van der Waals surface area contributed by atoms with Gasteiger partial charge in [-0.2, -0.15) is 8.62 Å². The summed E-state index contributed by atoms with van der Waals surface area (Å²) in [6, 6.07) is -0.738. The monoisotopic (exact) mass is 582 g/mol. The standard InChI is InChI=1S/C16H30BO12P3S2/c1-6-7-15(2,3)10-16(4,5)34-33-11-25-12-8-14(17)27-13(12)9-26-31(21,22)29-32(23,24)28-30(18,19)20/h1,12-14H,7-11H2,2-5H3,(H,21,22)(H,23,24)(H2,18,19,20)/t12?,13-,14-/m1/s1. The van der Waals surface area contributed by atoms with Crippen molar-refractivity contribution in [3.05, 3.63) is 0 Å². The van der Waals surface area contributed by atoms with E-state index in [-0.39, 0.29) is 22.5 Å². The van der Waals surface area contributed by atoms with Crippen LogP contribution in [-0.2, 0) is 36.3 Å². The summed E-state index contributed by atoms with van der Waals surface area (Å²) < 4.78 is 57.0. The molecule has 34 heavy (non-hydrogen) atoms. The van der Waals surface area contributed by atoms with Crippen LogP contribution in [0.5, 0.6) is 0 Å². The zero-order valence-electron chi connectivity index (χ0n) is 19.1. The first kappa shape index (κ1) is 32.7. The highest BCUT2D eigenvalue weighted by Gasteiger charge is 2.42. The minimum Gasteiger partial charge on any atom is -0.380 e. The van der Waals surface area contributed by atoms with E-state index in [1.807, 2.05) is 0 Å². The molecule has 0 amide bonds. The Hall–Kier alpha value is 0.655. The summed E-state index contributed by atoms with van der Waals surface area (Å²) in [5.41, 5.74) is -0.0175. The highest BCUT2D eigenvalue weighted by atomic mass is 33.1. The molecule has 1 fully saturated rings. The number of terminal acetylenes is 1. The molecule has 0 aromatic carbocycles. The molecule has 12 nitrogen and oxygen atoms in total. The summed E-state index contributed by atoms with van der Waals surface area (Å²) in [6.07, 6.45) is 5.71. The van der Waals surface area contributed by atoms with E-state index in [0.29, 0.717) is 6.42 Å². The molecule has 1 saturated heterocycles. The maximum Gasteiger partial charge on any atom is 0.490 e. The van der Waals surface area contributed by atoms with E-state index in [0.717, 1.165) is 6.42 Å². The quantitative estimate of drug-likeness (QED) is 0.0550. The first-order valence-corrected chi connectivity index (χ1v) is 16.6. The van der Waals surface area contributed by atoms with Crippen molar-refractivity contribution >= 4 is 52.9 Å². The second-order valence-electron chi connectivity index (χ2n) is 8.84. The number of hydrogen-bond donors (Lipinski definition) is 4. The highest BCUT2D eigenvalue weighted by molar-refractivity contribution is 8.77. The van der Waals surface area contributed by atoms with E-state index in [4.69, 9.17) is 33.5 Å². The Balaban J connectivity index is 2.55. The number of ether oxygens (including phenoxy) is 2. The molecule has 5 atom stereocenters. The molecular formula is C16H30BO12P3S2. The summed E-state index contributed by atoms with van der Waals surface area (Å²) in [4.78, 5) is 35.9. The fraction of sp³-hybridized carbons (Fsp3) is 0.875. The van der Waals surface area contributed by atoms with Crippen LogP contribution in [0.25, 0.3) is 0 Å². The van der Waals surface area contributed by atoms with Gasteiger partial charge in [0.2, 0.25) is 0 Å². The maximum atomic E-state index is 11.9. The van der Waals surface area contributed by atoms with Gasteiger partial charge in [0.15, 0.2) is 0 Å². The Kier molecular flexibility index (Phi) is 12.4. The smallest absolute Gasteiger partial charge is 0.380 e. The molecule has 196 valence electrons. The molecule has 0 spiro atoms. The summed E-state index contributed by atoms with van der Waals surface area (Å²) in [6.45, 7) is 7.79. The van der Waals surface area contributed by atoms with E-state index >= 15 is 0 Å². The first-order valence-electron chi connectivity index (χ1n) is 9.80. The number of rotatable bonds is 15. The highest BCUT2D eigenvalue weighted by Crippen LogP contribution is 2.66. The third-order valence-corrected chi connectivity index (χ3v) is 10.9. The topological polar surface area (TPSA) is 178 Å². The SMILES string of the molecule is [B][C@H]1CC(OCSSC(C)(C)CC(C)(C)CC#C)[C@@H](COP(=O)(O)OP(=O)(O)OP(=O)(O)O)O1. The Labute approximate surface area is 208 Å². The van der Waals surface area contributed by atoms with Crippen molar-refractivity contribution in [2.24, 2.45) is 5.41 Å². The molecule has 1 heterocycles. The lowest BCUT2D eigenvalue weighted by Crippen LogP contribution is -2.29. The Morgan fingerprint density at radius 2 is 1.74 bits per heavy atom. The van der Waals surface area contributed by atoms with Gasteiger partial charge in [0, 0.05) is 17.2 Å². The van der Waals surface area contributed by atoms with Gasteiger partial charge >= 0.3 is 23.5 Å². The minimum atomic E-state index is -5.60. The van der Waals surface area contributed by atoms with Gasteiger partial charge in [-0.25, -0.2) is 13.7 Å². The van der Waals surface area contributed by atoms with Gasteiger partial charge in [0.1, 0.15) is 19.9 Å². The molecule has 3 unspecified atom stereocenters. The normalized spacial score (nSPS) is 25.4. The molecule has 0 saturated carbocycles. The summed E-state index contributed by atoms with van der Waals surface area (Å²) in [5.74, 6) is 2.94. The van der Waals surface area contributed by atoms with E-state index in [1.165, 1.54) is 10.8 Å². The van der Waals surface area contributed by atoms with Crippen LogP contribution in [0, 0.1) is 17.8 Å². The minimum absolute atomic E-state index is 0.0175. The molecule has 0 aromatic rings. The van der Waals surface area contributed by atoms with Gasteiger partial charge in [-0.1, -0.05) is 35.4 Å². The predicted octanol–water partition coefficient (Wildman–Crippen LogP) is 3.56. The lowest BCUT2D eigenvalue weighted by atomic mass is 9.81. The van der Waals surface area contributed by atoms with Crippen LogP contribution < -0.4 is 0 Å². The molecule has 4 N–H and O–H groups in total. The van der Waals surface area contributed by atoms with Gasteiger partial charge in [0.25, 0.3) is 0 Å². The lowest BCUT2D eigenvalue weighted by Gasteiger charge is -2.33. The fourth-order valence-corrected chi connectivity index (χ4v) is 8.88. The van der Waals surface area contributed by atoms with Crippen molar-refractivity contribution in [3.8, 4) is 12.3 Å². The molecule has 1 aliphatic heterocycles. The average Bonchev–Trinajstić information content (AvgIpc) is 2.92. The molecular weight excluding hydrogens is 552 g/mol. The van der Waals surface area contributed by atoms with Crippen LogP contribution in [0.1, 0.15) is 47.0 Å². The maximum absolute atomic E-state index is 11.9. The van der Waals surface area contributed by atoms with Gasteiger partial charge in [-0.3, -0.25) is 4.52 Å². The fourth-order valence-electron chi connectivity index (χ4n) is 3.36. The summed E-state index contributed by atoms with van der Waals surface area (Å²) in [7, 11) is -7.49. The van der Waals surface area contributed by atoms with Gasteiger partial charge in [-0.15, -0.1) is 12.3 Å². The van der Waals surface area contributed by atoms with Crippen LogP contribution >= 0.6 is 45.1 Å². The largest absolute Gasteiger partial charge is 0.490 e. The Morgan fingerprint density at radius 1 is 1.12 bits per heavy atom. The number of phosphoric acid groups is 3. The Morgan fingerprint density at radius 3 is 2.29 bits per heavy atom. The van der Waals surface area contributed by atoms with Crippen molar-refractivity contribution in [3.63, 3.8) is 0 Å². The average molecular weight is 582 g/mol. The van der Waals surface area contributed by atoms with Crippen LogP contribution in [0.2, 0.25) is 0 Å². The molecule has 0 aliphatic carbocycles. The second-order valence-corrected chi connectivity index (χ2v) is 16.2. The third kappa shape index (κ3) is 13.8. The lowest BCUT2D eigenvalue weighted by molar-refractivity contribution is -0.0237. The molecule has 2 radical (unpaired) electrons. The second kappa shape index (κ2) is 12.9. The third-order valence-electron chi connectivity index (χ3n) is 4.15. The van der Waals surface area contributed by atoms with E-state index in [1.54, 1.807) is 10.8 Å². The molecule has 1 rings (SSSR count). The number of hydrogen-bond acceptors (Lipinski definition) is 10. The molecule has 1 aliphatic rings. The van der Waals surface area contributed by atoms with Crippen molar-refractivity contribution in [2.45, 2.75) is 69.9 Å². The van der Waals surface area contributed by atoms with E-state index in [2.05, 4.69) is 46.8 Å². The summed E-state index contributed by atoms with van der Waals surface area (Å²) in [5, 5.41) is 0. The van der Waals surface area contributed by atoms with Crippen LogP contribution in [0.4, 0.5) is 0 Å². The zero-order chi connectivity index (χ0) is 26.4. The molecule has 0 bridgehead atoms. The van der Waals surface area contributed by atoms with Crippen molar-refractivity contribution in [1.29, 1.82) is 0 Å². The van der Waals surface area contributed by atoms with Crippen LogP contribution in [0.15, 0.2) is 0 Å². The molecule has 0 aromatic heterocycles. The van der Waals surface area contributed by atoms with Crippen molar-refractivity contribution in [2.75, 3.05) is 12.5 Å². The van der Waals surface area contributed by atoms with Crippen LogP contribution in [-0.4, -0.2) is 62.9 Å². The Bertz CT molecular complexity index is 861. The van der Waals surface area contributed by atoms with Crippen LogP contribution in [0.3, 0.4) is 0 Å². The van der Waals surface area contributed by atoms with E-state index in [9.17, 15) is 23.5 Å². The predicted molar refractivity (Wildman–Crippen MR) is 130 cm³/mol. The van der Waals surface area contributed by atoms with E-state index < -0.39 is 48.3 Å². The number of phosphoric ester groups is 1. The van der Waals surface area contributed by atoms with Crippen molar-refractivity contribution < 1.29 is 55.9 Å². The van der Waals surface area contributed by atoms with Crippen molar-refractivity contribution in [1.82, 2.24) is 0 Å². The molecule has 18 heteroatoms. The summed E-state index contributed by atoms with van der Waals surface area (Å²) >= 11 is 0. The van der Waals surface area contributed by atoms with Gasteiger partial charge in [-0.05, 0) is 32.1 Å². The zero-order valence-corrected chi connectivity index (χ0v) is 23.5.